The Balaban J connectivity index is 1.65. The number of imide groups is 1. The van der Waals surface area contributed by atoms with Gasteiger partial charge in [-0.2, -0.15) is 0 Å². The van der Waals surface area contributed by atoms with Crippen LogP contribution in [0.1, 0.15) is 44.1 Å². The number of benzene rings is 1. The van der Waals surface area contributed by atoms with Crippen LogP contribution in [-0.2, 0) is 20.8 Å². The number of aliphatic carboxylic acids is 1. The van der Waals surface area contributed by atoms with Crippen LogP contribution in [0.3, 0.4) is 0 Å². The molecule has 1 saturated heterocycles. The molecular formula is C20H22N2O4. The zero-order valence-corrected chi connectivity index (χ0v) is 14.5. The number of para-hydroxylation sites is 1. The van der Waals surface area contributed by atoms with Gasteiger partial charge >= 0.3 is 5.97 Å². The summed E-state index contributed by atoms with van der Waals surface area (Å²) < 4.78 is 0. The van der Waals surface area contributed by atoms with Crippen LogP contribution < -0.4 is 0 Å². The molecule has 1 saturated carbocycles. The maximum Gasteiger partial charge on any atom is 0.327 e. The number of rotatable bonds is 4. The number of likely N-dealkylation sites (tertiary alicyclic amines) is 1. The van der Waals surface area contributed by atoms with Crippen molar-refractivity contribution in [3.63, 3.8) is 0 Å². The van der Waals surface area contributed by atoms with Crippen molar-refractivity contribution in [1.82, 2.24) is 9.88 Å². The van der Waals surface area contributed by atoms with E-state index in [4.69, 9.17) is 0 Å². The highest BCUT2D eigenvalue weighted by atomic mass is 16.4. The van der Waals surface area contributed by atoms with Gasteiger partial charge in [-0.1, -0.05) is 37.5 Å². The number of carboxylic acid groups (broad SMARTS) is 1. The molecule has 0 radical (unpaired) electrons. The van der Waals surface area contributed by atoms with E-state index in [9.17, 15) is 19.5 Å². The third-order valence-corrected chi connectivity index (χ3v) is 5.93. The largest absolute Gasteiger partial charge is 0.480 e. The molecule has 4 rings (SSSR count). The lowest BCUT2D eigenvalue weighted by atomic mass is 9.73. The Kier molecular flexibility index (Phi) is 4.05. The van der Waals surface area contributed by atoms with Gasteiger partial charge in [-0.25, -0.2) is 4.79 Å². The number of aromatic amines is 1. The lowest BCUT2D eigenvalue weighted by Gasteiger charge is -2.31. The first-order chi connectivity index (χ1) is 12.5. The van der Waals surface area contributed by atoms with E-state index in [0.717, 1.165) is 40.6 Å². The fraction of sp³-hybridized carbons (Fsp3) is 0.450. The summed E-state index contributed by atoms with van der Waals surface area (Å²) in [6.45, 7) is 0. The molecule has 2 N–H and O–H groups in total. The molecular weight excluding hydrogens is 332 g/mol. The van der Waals surface area contributed by atoms with Crippen molar-refractivity contribution in [1.29, 1.82) is 0 Å². The standard InChI is InChI=1S/C20H22N2O4/c23-17-11-20(8-4-1-5-9-20)19(26)22(17)16(18(24)25)10-13-12-21-15-7-3-2-6-14(13)15/h2-3,6-7,12,16,21H,1,4-5,8-11H2,(H,24,25)/t16-/m0/s1. The van der Waals surface area contributed by atoms with E-state index in [2.05, 4.69) is 4.98 Å². The number of H-pyrrole nitrogens is 1. The molecule has 1 aromatic heterocycles. The number of carbonyl (C=O) groups is 3. The van der Waals surface area contributed by atoms with Crippen LogP contribution >= 0.6 is 0 Å². The van der Waals surface area contributed by atoms with Crippen molar-refractivity contribution in [2.24, 2.45) is 5.41 Å². The summed E-state index contributed by atoms with van der Waals surface area (Å²) in [5.41, 5.74) is 1.05. The third kappa shape index (κ3) is 2.60. The van der Waals surface area contributed by atoms with Crippen molar-refractivity contribution in [2.45, 2.75) is 51.0 Å². The molecule has 2 heterocycles. The first-order valence-electron chi connectivity index (χ1n) is 9.16. The second kappa shape index (κ2) is 6.27. The third-order valence-electron chi connectivity index (χ3n) is 5.93. The van der Waals surface area contributed by atoms with Crippen molar-refractivity contribution >= 4 is 28.7 Å². The molecule has 1 aliphatic carbocycles. The van der Waals surface area contributed by atoms with Crippen LogP contribution in [0.5, 0.6) is 0 Å². The van der Waals surface area contributed by atoms with Gasteiger partial charge in [0.05, 0.1) is 5.41 Å². The van der Waals surface area contributed by atoms with Crippen LogP contribution in [-0.4, -0.2) is 38.8 Å². The molecule has 6 nitrogen and oxygen atoms in total. The Bertz CT molecular complexity index is 879. The number of nitrogens with zero attached hydrogens (tertiary/aromatic N) is 1. The summed E-state index contributed by atoms with van der Waals surface area (Å²) in [4.78, 5) is 41.8. The van der Waals surface area contributed by atoms with E-state index < -0.39 is 17.4 Å². The zero-order valence-electron chi connectivity index (χ0n) is 14.5. The summed E-state index contributed by atoms with van der Waals surface area (Å²) in [7, 11) is 0. The Labute approximate surface area is 151 Å². The molecule has 1 spiro atoms. The molecule has 0 bridgehead atoms. The van der Waals surface area contributed by atoms with Gasteiger partial charge in [0, 0.05) is 29.9 Å². The van der Waals surface area contributed by atoms with Gasteiger partial charge < -0.3 is 10.1 Å². The fourth-order valence-corrected chi connectivity index (χ4v) is 4.55. The maximum atomic E-state index is 13.1. The molecule has 6 heteroatoms. The van der Waals surface area contributed by atoms with E-state index in [0.29, 0.717) is 12.8 Å². The lowest BCUT2D eigenvalue weighted by molar-refractivity contribution is -0.156. The van der Waals surface area contributed by atoms with Gasteiger partial charge in [-0.3, -0.25) is 14.5 Å². The summed E-state index contributed by atoms with van der Waals surface area (Å²) in [5, 5.41) is 10.7. The quantitative estimate of drug-likeness (QED) is 0.826. The average Bonchev–Trinajstić information content (AvgIpc) is 3.13. The molecule has 2 fully saturated rings. The fourth-order valence-electron chi connectivity index (χ4n) is 4.55. The predicted molar refractivity (Wildman–Crippen MR) is 95.4 cm³/mol. The van der Waals surface area contributed by atoms with Crippen molar-refractivity contribution < 1.29 is 19.5 Å². The van der Waals surface area contributed by atoms with E-state index in [1.54, 1.807) is 6.20 Å². The number of nitrogens with one attached hydrogen (secondary N) is 1. The Morgan fingerprint density at radius 1 is 1.19 bits per heavy atom. The summed E-state index contributed by atoms with van der Waals surface area (Å²) >= 11 is 0. The predicted octanol–water partition coefficient (Wildman–Crippen LogP) is 2.87. The lowest BCUT2D eigenvalue weighted by Crippen LogP contribution is -2.48. The van der Waals surface area contributed by atoms with Gasteiger partial charge in [-0.15, -0.1) is 0 Å². The monoisotopic (exact) mass is 354 g/mol. The molecule has 136 valence electrons. The number of amides is 2. The van der Waals surface area contributed by atoms with Crippen LogP contribution in [0.2, 0.25) is 0 Å². The normalized spacial score (nSPS) is 20.8. The highest BCUT2D eigenvalue weighted by Gasteiger charge is 2.54. The van der Waals surface area contributed by atoms with E-state index >= 15 is 0 Å². The SMILES string of the molecule is O=C(O)[C@H](Cc1c[nH]c2ccccc12)N1C(=O)CC2(CCCCC2)C1=O. The first kappa shape index (κ1) is 16.8. The molecule has 2 amide bonds. The molecule has 2 aliphatic rings. The second-order valence-corrected chi connectivity index (χ2v) is 7.50. The number of hydrogen-bond donors (Lipinski definition) is 2. The average molecular weight is 354 g/mol. The van der Waals surface area contributed by atoms with Crippen LogP contribution in [0, 0.1) is 5.41 Å². The number of fused-ring (bicyclic) bond motifs is 1. The van der Waals surface area contributed by atoms with Gasteiger partial charge in [0.15, 0.2) is 0 Å². The second-order valence-electron chi connectivity index (χ2n) is 7.50. The first-order valence-corrected chi connectivity index (χ1v) is 9.16. The van der Waals surface area contributed by atoms with Gasteiger partial charge in [0.1, 0.15) is 6.04 Å². The molecule has 0 unspecified atom stereocenters. The molecule has 2 aromatic rings. The summed E-state index contributed by atoms with van der Waals surface area (Å²) in [6, 6.07) is 6.46. The molecule has 26 heavy (non-hydrogen) atoms. The molecule has 1 aromatic carbocycles. The van der Waals surface area contributed by atoms with Crippen LogP contribution in [0.4, 0.5) is 0 Å². The minimum Gasteiger partial charge on any atom is -0.480 e. The van der Waals surface area contributed by atoms with E-state index in [-0.39, 0.29) is 24.7 Å². The number of hydrogen-bond acceptors (Lipinski definition) is 3. The van der Waals surface area contributed by atoms with E-state index in [1.165, 1.54) is 0 Å². The van der Waals surface area contributed by atoms with Crippen molar-refractivity contribution in [2.75, 3.05) is 0 Å². The maximum absolute atomic E-state index is 13.1. The van der Waals surface area contributed by atoms with E-state index in [1.807, 2.05) is 24.3 Å². The highest BCUT2D eigenvalue weighted by Crippen LogP contribution is 2.46. The highest BCUT2D eigenvalue weighted by molar-refractivity contribution is 6.08. The zero-order chi connectivity index (χ0) is 18.3. The topological polar surface area (TPSA) is 90.5 Å². The van der Waals surface area contributed by atoms with Crippen molar-refractivity contribution in [3.8, 4) is 0 Å². The Morgan fingerprint density at radius 3 is 2.65 bits per heavy atom. The van der Waals surface area contributed by atoms with Crippen molar-refractivity contribution in [3.05, 3.63) is 36.0 Å². The number of carbonyl (C=O) groups excluding carboxylic acids is 2. The smallest absolute Gasteiger partial charge is 0.327 e. The van der Waals surface area contributed by atoms with Crippen LogP contribution in [0.25, 0.3) is 10.9 Å². The molecule has 1 atom stereocenters. The van der Waals surface area contributed by atoms with Crippen LogP contribution in [0.15, 0.2) is 30.5 Å². The van der Waals surface area contributed by atoms with Gasteiger partial charge in [0.25, 0.3) is 0 Å². The van der Waals surface area contributed by atoms with Gasteiger partial charge in [0.2, 0.25) is 11.8 Å². The molecule has 1 aliphatic heterocycles. The Morgan fingerprint density at radius 2 is 1.92 bits per heavy atom. The minimum atomic E-state index is -1.16. The number of carboxylic acids is 1. The Hall–Kier alpha value is -2.63. The summed E-state index contributed by atoms with van der Waals surface area (Å²) in [6.07, 6.45) is 6.33. The summed E-state index contributed by atoms with van der Waals surface area (Å²) in [5.74, 6) is -1.76. The number of aromatic nitrogens is 1. The van der Waals surface area contributed by atoms with Gasteiger partial charge in [-0.05, 0) is 24.5 Å². The minimum absolute atomic E-state index is 0.118.